The van der Waals surface area contributed by atoms with Crippen LogP contribution in [-0.4, -0.2) is 32.1 Å². The van der Waals surface area contributed by atoms with E-state index in [0.717, 1.165) is 11.3 Å². The predicted octanol–water partition coefficient (Wildman–Crippen LogP) is 2.75. The van der Waals surface area contributed by atoms with Crippen LogP contribution in [0.3, 0.4) is 0 Å². The third-order valence-electron chi connectivity index (χ3n) is 3.44. The Balaban J connectivity index is 0.00000364. The summed E-state index contributed by atoms with van der Waals surface area (Å²) in [6.07, 6.45) is 0. The zero-order valence-electron chi connectivity index (χ0n) is 15.4. The van der Waals surface area contributed by atoms with Crippen molar-refractivity contribution in [2.75, 3.05) is 25.6 Å². The van der Waals surface area contributed by atoms with E-state index in [1.54, 1.807) is 13.2 Å². The van der Waals surface area contributed by atoms with Gasteiger partial charge in [0.2, 0.25) is 0 Å². The molecule has 0 spiro atoms. The number of amides is 1. The Labute approximate surface area is 176 Å². The summed E-state index contributed by atoms with van der Waals surface area (Å²) in [6, 6.07) is 15.0. The molecule has 0 aliphatic heterocycles. The summed E-state index contributed by atoms with van der Waals surface area (Å²) in [4.78, 5) is 15.8. The van der Waals surface area contributed by atoms with E-state index in [1.165, 1.54) is 0 Å². The normalized spacial score (nSPS) is 10.5. The van der Waals surface area contributed by atoms with Gasteiger partial charge in [-0.05, 0) is 36.8 Å². The summed E-state index contributed by atoms with van der Waals surface area (Å²) < 4.78 is 10.8. The number of benzene rings is 2. The van der Waals surface area contributed by atoms with Crippen LogP contribution >= 0.6 is 24.0 Å². The minimum atomic E-state index is -0.178. The molecule has 0 heterocycles. The van der Waals surface area contributed by atoms with E-state index in [1.807, 2.05) is 49.4 Å². The second kappa shape index (κ2) is 12.0. The Kier molecular flexibility index (Phi) is 10.0. The number of halogens is 1. The van der Waals surface area contributed by atoms with Crippen molar-refractivity contribution in [3.63, 3.8) is 0 Å². The molecule has 0 aliphatic rings. The average Bonchev–Trinajstić information content (AvgIpc) is 2.66. The molecule has 0 fully saturated rings. The summed E-state index contributed by atoms with van der Waals surface area (Å²) in [5.41, 5.74) is 7.68. The second-order valence-electron chi connectivity index (χ2n) is 5.42. The Hall–Kier alpha value is -2.49. The molecule has 2 rings (SSSR count). The van der Waals surface area contributed by atoms with Crippen LogP contribution in [0.4, 0.5) is 5.69 Å². The molecule has 0 unspecified atom stereocenters. The first-order valence-electron chi connectivity index (χ1n) is 8.30. The quantitative estimate of drug-likeness (QED) is 0.304. The Bertz CT molecular complexity index is 754. The maximum absolute atomic E-state index is 11.5. The molecule has 146 valence electrons. The van der Waals surface area contributed by atoms with Gasteiger partial charge in [0.15, 0.2) is 24.1 Å². The lowest BCUT2D eigenvalue weighted by atomic mass is 10.2. The molecule has 0 aliphatic carbocycles. The number of ether oxygens (including phenoxy) is 2. The van der Waals surface area contributed by atoms with Crippen LogP contribution in [0.25, 0.3) is 0 Å². The number of carbonyl (C=O) groups excluding carboxylic acids is 1. The van der Waals surface area contributed by atoms with E-state index in [-0.39, 0.29) is 36.5 Å². The Morgan fingerprint density at radius 2 is 1.89 bits per heavy atom. The van der Waals surface area contributed by atoms with Gasteiger partial charge in [-0.3, -0.25) is 4.79 Å². The van der Waals surface area contributed by atoms with Crippen molar-refractivity contribution in [1.82, 2.24) is 5.32 Å². The third-order valence-corrected chi connectivity index (χ3v) is 3.44. The topological polar surface area (TPSA) is 98.0 Å². The van der Waals surface area contributed by atoms with Crippen molar-refractivity contribution in [2.45, 2.75) is 13.5 Å². The van der Waals surface area contributed by atoms with Crippen LogP contribution in [0.5, 0.6) is 11.5 Å². The van der Waals surface area contributed by atoms with E-state index in [9.17, 15) is 4.79 Å². The highest BCUT2D eigenvalue weighted by atomic mass is 127. The van der Waals surface area contributed by atoms with Crippen LogP contribution < -0.4 is 25.8 Å². The smallest absolute Gasteiger partial charge is 0.257 e. The first kappa shape index (κ1) is 22.6. The van der Waals surface area contributed by atoms with Gasteiger partial charge >= 0.3 is 0 Å². The second-order valence-corrected chi connectivity index (χ2v) is 5.42. The number of para-hydroxylation sites is 1. The fourth-order valence-electron chi connectivity index (χ4n) is 2.21. The number of aliphatic imine (C=N–C) groups is 1. The molecule has 1 amide bonds. The number of carbonyl (C=O) groups is 1. The maximum Gasteiger partial charge on any atom is 0.257 e. The van der Waals surface area contributed by atoms with Crippen LogP contribution in [0.2, 0.25) is 0 Å². The van der Waals surface area contributed by atoms with Gasteiger partial charge in [0.1, 0.15) is 0 Å². The van der Waals surface area contributed by atoms with Crippen molar-refractivity contribution in [1.29, 1.82) is 0 Å². The summed E-state index contributed by atoms with van der Waals surface area (Å²) in [5.74, 6) is 1.19. The van der Waals surface area contributed by atoms with Gasteiger partial charge in [-0.2, -0.15) is 0 Å². The fraction of sp³-hybridized carbons (Fsp3) is 0.263. The molecule has 0 aromatic heterocycles. The maximum atomic E-state index is 11.5. The summed E-state index contributed by atoms with van der Waals surface area (Å²) in [5, 5.41) is 5.70. The van der Waals surface area contributed by atoms with Gasteiger partial charge in [0, 0.05) is 12.2 Å². The van der Waals surface area contributed by atoms with Gasteiger partial charge in [0.25, 0.3) is 5.91 Å². The highest BCUT2D eigenvalue weighted by molar-refractivity contribution is 14.0. The van der Waals surface area contributed by atoms with E-state index < -0.39 is 0 Å². The van der Waals surface area contributed by atoms with Crippen LogP contribution in [0.15, 0.2) is 53.5 Å². The molecule has 7 nitrogen and oxygen atoms in total. The summed E-state index contributed by atoms with van der Waals surface area (Å²) >= 11 is 0. The number of rotatable bonds is 8. The molecule has 4 N–H and O–H groups in total. The lowest BCUT2D eigenvalue weighted by molar-refractivity contribution is -0.123. The summed E-state index contributed by atoms with van der Waals surface area (Å²) in [6.45, 7) is 2.75. The molecular formula is C19H25IN4O3. The molecular weight excluding hydrogens is 459 g/mol. The largest absolute Gasteiger partial charge is 0.493 e. The molecule has 2 aromatic rings. The number of hydrogen-bond acceptors (Lipinski definition) is 4. The van der Waals surface area contributed by atoms with Crippen LogP contribution in [-0.2, 0) is 11.3 Å². The molecule has 0 saturated carbocycles. The number of guanidine groups is 1. The number of hydrogen-bond donors (Lipinski definition) is 3. The number of nitrogens with zero attached hydrogens (tertiary/aromatic N) is 1. The van der Waals surface area contributed by atoms with Crippen molar-refractivity contribution in [3.05, 3.63) is 54.1 Å². The van der Waals surface area contributed by atoms with Gasteiger partial charge in [-0.1, -0.05) is 24.3 Å². The minimum absolute atomic E-state index is 0. The molecule has 0 bridgehead atoms. The zero-order chi connectivity index (χ0) is 18.8. The summed E-state index contributed by atoms with van der Waals surface area (Å²) in [7, 11) is 1.55. The van der Waals surface area contributed by atoms with Gasteiger partial charge in [-0.15, -0.1) is 24.0 Å². The molecule has 0 radical (unpaired) electrons. The SMILES string of the molecule is CCNC(=O)COc1ccc(CN=C(N)Nc2ccccc2)cc1OC.I. The van der Waals surface area contributed by atoms with E-state index >= 15 is 0 Å². The fourth-order valence-corrected chi connectivity index (χ4v) is 2.21. The zero-order valence-corrected chi connectivity index (χ0v) is 17.7. The molecule has 0 saturated heterocycles. The van der Waals surface area contributed by atoms with Gasteiger partial charge < -0.3 is 25.8 Å². The number of anilines is 1. The first-order chi connectivity index (χ1) is 12.6. The van der Waals surface area contributed by atoms with Gasteiger partial charge in [-0.25, -0.2) is 4.99 Å². The van der Waals surface area contributed by atoms with Crippen LogP contribution in [0, 0.1) is 0 Å². The molecule has 2 aromatic carbocycles. The third kappa shape index (κ3) is 7.73. The Morgan fingerprint density at radius 3 is 2.56 bits per heavy atom. The molecule has 8 heteroatoms. The Morgan fingerprint density at radius 1 is 1.15 bits per heavy atom. The lowest BCUT2D eigenvalue weighted by Crippen LogP contribution is -2.28. The van der Waals surface area contributed by atoms with Crippen molar-refractivity contribution < 1.29 is 14.3 Å². The molecule has 0 atom stereocenters. The lowest BCUT2D eigenvalue weighted by Gasteiger charge is -2.12. The number of nitrogens with two attached hydrogens (primary N) is 1. The highest BCUT2D eigenvalue weighted by Gasteiger charge is 2.08. The minimum Gasteiger partial charge on any atom is -0.493 e. The monoisotopic (exact) mass is 484 g/mol. The van der Waals surface area contributed by atoms with Gasteiger partial charge in [0.05, 0.1) is 13.7 Å². The van der Waals surface area contributed by atoms with E-state index in [0.29, 0.717) is 30.5 Å². The van der Waals surface area contributed by atoms with Crippen molar-refractivity contribution >= 4 is 41.5 Å². The molecule has 27 heavy (non-hydrogen) atoms. The van der Waals surface area contributed by atoms with Crippen molar-refractivity contribution in [2.24, 2.45) is 10.7 Å². The predicted molar refractivity (Wildman–Crippen MR) is 118 cm³/mol. The first-order valence-corrected chi connectivity index (χ1v) is 8.30. The van der Waals surface area contributed by atoms with E-state index in [4.69, 9.17) is 15.2 Å². The van der Waals surface area contributed by atoms with Crippen molar-refractivity contribution in [3.8, 4) is 11.5 Å². The average molecular weight is 484 g/mol. The highest BCUT2D eigenvalue weighted by Crippen LogP contribution is 2.28. The number of methoxy groups -OCH3 is 1. The number of nitrogens with one attached hydrogen (secondary N) is 2. The number of likely N-dealkylation sites (N-methyl/N-ethyl adjacent to an activating group) is 1. The standard InChI is InChI=1S/C19H24N4O3.HI/c1-3-21-18(24)13-26-16-10-9-14(11-17(16)25-2)12-22-19(20)23-15-7-5-4-6-8-15;/h4-11H,3,12-13H2,1-2H3,(H,21,24)(H3,20,22,23);1H. The van der Waals surface area contributed by atoms with E-state index in [2.05, 4.69) is 15.6 Å². The van der Waals surface area contributed by atoms with Crippen LogP contribution in [0.1, 0.15) is 12.5 Å².